The van der Waals surface area contributed by atoms with Crippen LogP contribution in [0, 0.1) is 5.92 Å². The third-order valence-electron chi connectivity index (χ3n) is 4.86. The van der Waals surface area contributed by atoms with E-state index in [2.05, 4.69) is 18.7 Å². The van der Waals surface area contributed by atoms with Gasteiger partial charge in [-0.25, -0.2) is 0 Å². The highest BCUT2D eigenvalue weighted by atomic mass is 16.5. The van der Waals surface area contributed by atoms with Gasteiger partial charge in [0.05, 0.1) is 12.2 Å². The summed E-state index contributed by atoms with van der Waals surface area (Å²) < 4.78 is 5.73. The molecular weight excluding hydrogens is 328 g/mol. The van der Waals surface area contributed by atoms with Crippen molar-refractivity contribution in [3.05, 3.63) is 35.5 Å². The highest BCUT2D eigenvalue weighted by Gasteiger charge is 2.40. The van der Waals surface area contributed by atoms with Crippen molar-refractivity contribution in [1.29, 1.82) is 0 Å². The van der Waals surface area contributed by atoms with Crippen molar-refractivity contribution in [3.63, 3.8) is 0 Å². The third kappa shape index (κ3) is 3.62. The molecule has 140 valence electrons. The number of likely N-dealkylation sites (tertiary alicyclic amines) is 1. The van der Waals surface area contributed by atoms with Crippen LogP contribution < -0.4 is 4.74 Å². The molecule has 0 aliphatic carbocycles. The second-order valence-corrected chi connectivity index (χ2v) is 7.36. The molecule has 0 N–H and O–H groups in total. The number of carbonyl (C=O) groups excluding carboxylic acids is 2. The summed E-state index contributed by atoms with van der Waals surface area (Å²) in [7, 11) is 0. The monoisotopic (exact) mass is 356 g/mol. The molecule has 0 unspecified atom stereocenters. The van der Waals surface area contributed by atoms with Gasteiger partial charge >= 0.3 is 0 Å². The van der Waals surface area contributed by atoms with Gasteiger partial charge in [0.15, 0.2) is 0 Å². The van der Waals surface area contributed by atoms with Crippen LogP contribution in [0.3, 0.4) is 0 Å². The molecule has 0 spiro atoms. The molecule has 0 bridgehead atoms. The maximum Gasteiger partial charge on any atom is 0.277 e. The van der Waals surface area contributed by atoms with Gasteiger partial charge in [0, 0.05) is 19.6 Å². The fourth-order valence-electron chi connectivity index (χ4n) is 3.50. The molecule has 1 saturated heterocycles. The van der Waals surface area contributed by atoms with Gasteiger partial charge in [0.25, 0.3) is 11.8 Å². The zero-order chi connectivity index (χ0) is 18.7. The Morgan fingerprint density at radius 2 is 1.65 bits per heavy atom. The average Bonchev–Trinajstić information content (AvgIpc) is 2.91. The van der Waals surface area contributed by atoms with E-state index < -0.39 is 0 Å². The molecule has 0 radical (unpaired) electrons. The van der Waals surface area contributed by atoms with Gasteiger partial charge in [0.1, 0.15) is 11.4 Å². The molecule has 1 aromatic carbocycles. The van der Waals surface area contributed by atoms with E-state index in [1.54, 1.807) is 0 Å². The topological polar surface area (TPSA) is 49.9 Å². The molecule has 2 aliphatic heterocycles. The van der Waals surface area contributed by atoms with Crippen molar-refractivity contribution in [2.75, 3.05) is 26.2 Å². The van der Waals surface area contributed by atoms with Crippen molar-refractivity contribution in [2.24, 2.45) is 5.92 Å². The molecule has 1 fully saturated rings. The van der Waals surface area contributed by atoms with E-state index >= 15 is 0 Å². The van der Waals surface area contributed by atoms with Crippen molar-refractivity contribution < 1.29 is 14.3 Å². The first-order valence-electron chi connectivity index (χ1n) is 9.61. The number of ether oxygens (including phenoxy) is 1. The average molecular weight is 356 g/mol. The van der Waals surface area contributed by atoms with E-state index in [1.165, 1.54) is 11.3 Å². The van der Waals surface area contributed by atoms with Crippen LogP contribution in [0.2, 0.25) is 0 Å². The van der Waals surface area contributed by atoms with Crippen LogP contribution in [0.15, 0.2) is 30.0 Å². The van der Waals surface area contributed by atoms with E-state index in [1.807, 2.05) is 31.2 Å². The number of imide groups is 1. The molecule has 0 atom stereocenters. The number of benzene rings is 1. The SMILES string of the molecule is CCN1C(=O)C(c2ccc(OCC(C)C)cc2)=C(N2CCCCC2)C1=O. The van der Waals surface area contributed by atoms with Gasteiger partial charge in [-0.1, -0.05) is 26.0 Å². The van der Waals surface area contributed by atoms with Crippen LogP contribution in [-0.2, 0) is 9.59 Å². The van der Waals surface area contributed by atoms with Gasteiger partial charge in [-0.3, -0.25) is 14.5 Å². The van der Waals surface area contributed by atoms with Crippen molar-refractivity contribution in [3.8, 4) is 5.75 Å². The Labute approximate surface area is 155 Å². The Morgan fingerprint density at radius 3 is 2.23 bits per heavy atom. The lowest BCUT2D eigenvalue weighted by molar-refractivity contribution is -0.137. The van der Waals surface area contributed by atoms with E-state index in [4.69, 9.17) is 4.74 Å². The van der Waals surface area contributed by atoms with Gasteiger partial charge in [-0.15, -0.1) is 0 Å². The zero-order valence-corrected chi connectivity index (χ0v) is 16.0. The first-order valence-corrected chi connectivity index (χ1v) is 9.61. The minimum atomic E-state index is -0.186. The van der Waals surface area contributed by atoms with Gasteiger partial charge < -0.3 is 9.64 Å². The molecule has 1 aromatic rings. The first-order chi connectivity index (χ1) is 12.5. The molecule has 2 heterocycles. The van der Waals surface area contributed by atoms with Crippen LogP contribution in [-0.4, -0.2) is 47.9 Å². The molecule has 0 saturated carbocycles. The third-order valence-corrected chi connectivity index (χ3v) is 4.86. The predicted molar refractivity (Wildman–Crippen MR) is 102 cm³/mol. The molecule has 5 nitrogen and oxygen atoms in total. The van der Waals surface area contributed by atoms with Gasteiger partial charge in [-0.2, -0.15) is 0 Å². The van der Waals surface area contributed by atoms with Crippen LogP contribution in [0.4, 0.5) is 0 Å². The number of likely N-dealkylation sites (N-methyl/N-ethyl adjacent to an activating group) is 1. The smallest absolute Gasteiger partial charge is 0.277 e. The Hall–Kier alpha value is -2.30. The summed E-state index contributed by atoms with van der Waals surface area (Å²) in [5, 5.41) is 0. The van der Waals surface area contributed by atoms with Gasteiger partial charge in [0.2, 0.25) is 0 Å². The second kappa shape index (κ2) is 7.94. The fraction of sp³-hybridized carbons (Fsp3) is 0.524. The molecule has 5 heteroatoms. The zero-order valence-electron chi connectivity index (χ0n) is 16.0. The summed E-state index contributed by atoms with van der Waals surface area (Å²) in [6.07, 6.45) is 3.30. The van der Waals surface area contributed by atoms with E-state index in [0.717, 1.165) is 37.2 Å². The van der Waals surface area contributed by atoms with Crippen LogP contribution in [0.1, 0.15) is 45.6 Å². The van der Waals surface area contributed by atoms with Gasteiger partial charge in [-0.05, 0) is 49.8 Å². The lowest BCUT2D eigenvalue weighted by Gasteiger charge is -2.29. The maximum atomic E-state index is 12.9. The predicted octanol–water partition coefficient (Wildman–Crippen LogP) is 3.31. The quantitative estimate of drug-likeness (QED) is 0.734. The highest BCUT2D eigenvalue weighted by Crippen LogP contribution is 2.33. The molecule has 2 amide bonds. The number of amides is 2. The van der Waals surface area contributed by atoms with E-state index in [-0.39, 0.29) is 11.8 Å². The number of piperidine rings is 1. The van der Waals surface area contributed by atoms with Crippen molar-refractivity contribution >= 4 is 17.4 Å². The van der Waals surface area contributed by atoms with Crippen LogP contribution in [0.5, 0.6) is 5.75 Å². The van der Waals surface area contributed by atoms with E-state index in [0.29, 0.717) is 30.3 Å². The van der Waals surface area contributed by atoms with Crippen LogP contribution in [0.25, 0.3) is 5.57 Å². The highest BCUT2D eigenvalue weighted by molar-refractivity contribution is 6.35. The number of nitrogens with zero attached hydrogens (tertiary/aromatic N) is 2. The minimum Gasteiger partial charge on any atom is -0.493 e. The summed E-state index contributed by atoms with van der Waals surface area (Å²) in [5.74, 6) is 0.894. The maximum absolute atomic E-state index is 12.9. The molecule has 3 rings (SSSR count). The first kappa shape index (κ1) is 18.5. The number of hydrogen-bond acceptors (Lipinski definition) is 4. The molecule has 26 heavy (non-hydrogen) atoms. The number of carbonyl (C=O) groups is 2. The summed E-state index contributed by atoms with van der Waals surface area (Å²) in [5.41, 5.74) is 1.90. The Morgan fingerprint density at radius 1 is 1.00 bits per heavy atom. The fourth-order valence-corrected chi connectivity index (χ4v) is 3.50. The van der Waals surface area contributed by atoms with E-state index in [9.17, 15) is 9.59 Å². The molecular formula is C21H28N2O3. The number of rotatable bonds is 6. The number of hydrogen-bond donors (Lipinski definition) is 0. The normalized spacial score (nSPS) is 18.3. The Balaban J connectivity index is 1.93. The standard InChI is InChI=1S/C21H28N2O3/c1-4-23-20(24)18(19(21(23)25)22-12-6-5-7-13-22)16-8-10-17(11-9-16)26-14-15(2)3/h8-11,15H,4-7,12-14H2,1-3H3. The van der Waals surface area contributed by atoms with Crippen molar-refractivity contribution in [2.45, 2.75) is 40.0 Å². The van der Waals surface area contributed by atoms with Crippen LogP contribution >= 0.6 is 0 Å². The summed E-state index contributed by atoms with van der Waals surface area (Å²) in [6, 6.07) is 7.54. The second-order valence-electron chi connectivity index (χ2n) is 7.36. The summed E-state index contributed by atoms with van der Waals surface area (Å²) in [6.45, 7) is 8.78. The Kier molecular flexibility index (Phi) is 5.64. The summed E-state index contributed by atoms with van der Waals surface area (Å²) in [4.78, 5) is 29.2. The van der Waals surface area contributed by atoms with Crippen molar-refractivity contribution in [1.82, 2.24) is 9.80 Å². The molecule has 2 aliphatic rings. The lowest BCUT2D eigenvalue weighted by Crippen LogP contribution is -2.37. The summed E-state index contributed by atoms with van der Waals surface area (Å²) >= 11 is 0. The Bertz CT molecular complexity index is 700. The molecule has 0 aromatic heterocycles. The largest absolute Gasteiger partial charge is 0.493 e. The minimum absolute atomic E-state index is 0.158. The lowest BCUT2D eigenvalue weighted by atomic mass is 10.0.